The number of benzene rings is 1. The zero-order valence-electron chi connectivity index (χ0n) is 42.7. The number of allylic oxidation sites excluding steroid dienone is 4. The van der Waals surface area contributed by atoms with Crippen molar-refractivity contribution < 1.29 is 88.0 Å². The number of cyclic esters (lactones) is 1. The summed E-state index contributed by atoms with van der Waals surface area (Å²) in [6.07, 6.45) is -4.94. The number of methoxy groups -OCH3 is 1. The molecule has 0 aliphatic carbocycles. The second-order valence-electron chi connectivity index (χ2n) is 19.1. The second kappa shape index (κ2) is 26.3. The zero-order valence-corrected chi connectivity index (χ0v) is 44.2. The van der Waals surface area contributed by atoms with Gasteiger partial charge in [0, 0.05) is 19.4 Å². The molecule has 0 unspecified atom stereocenters. The molecular formula is C52H72Cl2O18. The lowest BCUT2D eigenvalue weighted by molar-refractivity contribution is -0.333. The van der Waals surface area contributed by atoms with E-state index in [1.165, 1.54) is 26.2 Å². The Bertz CT molecular complexity index is 2270. The van der Waals surface area contributed by atoms with Crippen molar-refractivity contribution in [1.29, 1.82) is 0 Å². The molecule has 3 aliphatic rings. The van der Waals surface area contributed by atoms with Gasteiger partial charge in [-0.15, -0.1) is 0 Å². The molecule has 4 rings (SSSR count). The molecule has 3 aliphatic heterocycles. The third kappa shape index (κ3) is 14.5. The normalized spacial score (nSPS) is 34.3. The van der Waals surface area contributed by atoms with Crippen LogP contribution >= 0.6 is 23.2 Å². The van der Waals surface area contributed by atoms with Gasteiger partial charge in [0.05, 0.1) is 41.4 Å². The monoisotopic (exact) mass is 1050 g/mol. The van der Waals surface area contributed by atoms with Crippen LogP contribution in [0, 0.1) is 11.8 Å². The Morgan fingerprint density at radius 3 is 2.19 bits per heavy atom. The maximum atomic E-state index is 13.9. The highest BCUT2D eigenvalue weighted by atomic mass is 35.5. The number of hydrogen-bond donors (Lipinski definition) is 7. The van der Waals surface area contributed by atoms with E-state index >= 15 is 0 Å². The van der Waals surface area contributed by atoms with Gasteiger partial charge in [-0.1, -0.05) is 93.4 Å². The number of esters is 3. The largest absolute Gasteiger partial charge is 0.509 e. The second-order valence-corrected chi connectivity index (χ2v) is 19.8. The summed E-state index contributed by atoms with van der Waals surface area (Å²) in [6.45, 7) is 20.1. The van der Waals surface area contributed by atoms with Crippen molar-refractivity contribution in [3.63, 3.8) is 0 Å². The highest BCUT2D eigenvalue weighted by molar-refractivity contribution is 6.39. The number of aromatic hydroxyl groups is 2. The number of phenolic OH excluding ortho intramolecular Hbond substituents is 2. The molecule has 72 heavy (non-hydrogen) atoms. The zero-order chi connectivity index (χ0) is 54.1. The van der Waals surface area contributed by atoms with Gasteiger partial charge in [0.15, 0.2) is 42.4 Å². The number of aliphatic hydroxyl groups is 5. The number of aliphatic hydroxyl groups excluding tert-OH is 5. The molecule has 0 amide bonds. The highest BCUT2D eigenvalue weighted by Gasteiger charge is 2.53. The Morgan fingerprint density at radius 2 is 1.60 bits per heavy atom. The van der Waals surface area contributed by atoms with Crippen LogP contribution in [-0.2, 0) is 53.9 Å². The summed E-state index contributed by atoms with van der Waals surface area (Å²) in [7, 11) is 1.25. The van der Waals surface area contributed by atoms with E-state index in [0.29, 0.717) is 23.1 Å². The minimum Gasteiger partial charge on any atom is -0.509 e. The van der Waals surface area contributed by atoms with Crippen LogP contribution in [0.4, 0.5) is 0 Å². The average Bonchev–Trinajstić information content (AvgIpc) is 3.32. The number of halogens is 2. The van der Waals surface area contributed by atoms with Crippen molar-refractivity contribution in [2.45, 2.75) is 174 Å². The van der Waals surface area contributed by atoms with E-state index in [1.54, 1.807) is 60.6 Å². The first-order chi connectivity index (χ1) is 33.7. The van der Waals surface area contributed by atoms with E-state index in [4.69, 9.17) is 61.1 Å². The van der Waals surface area contributed by atoms with Crippen molar-refractivity contribution in [2.24, 2.45) is 11.8 Å². The van der Waals surface area contributed by atoms with Crippen molar-refractivity contribution in [2.75, 3.05) is 13.7 Å². The van der Waals surface area contributed by atoms with Gasteiger partial charge in [0.1, 0.15) is 46.4 Å². The average molecular weight is 1060 g/mol. The first kappa shape index (κ1) is 60.2. The standard InChI is InChI=1S/C52H72Cl2O18/c1-13-30-22-26(6)33(56)18-16-15-17-31(23-66-51-45(65-12)42(61)44(29(9)67-51)69-49(64)35-32(14-2)36(53)39(58)37(54)38(35)57)48(63)68-34(28(8)55)20-19-25(5)21-27(7)43(30)70-50-41(60)40(59)46(52(10,11)72-50)71-47(62)24(3)4/h15-17,19,21-22,24,29-30,33-34,40-46,50-51,55-61H,8,13-14,18,20,23H2,1-7,9-12H3/b16-15+,25-19+,26-22+,27-21+,31-17+/t29-,30+,33+,34+,40-,41+,42+,43+,44-,45+,46+,50-,51-/m1/s1. The van der Waals surface area contributed by atoms with E-state index in [0.717, 1.165) is 0 Å². The molecule has 1 aromatic carbocycles. The molecule has 0 aromatic heterocycles. The van der Waals surface area contributed by atoms with E-state index in [1.807, 2.05) is 26.0 Å². The summed E-state index contributed by atoms with van der Waals surface area (Å²) in [5.41, 5.74) is 0.184. The number of carbonyl (C=O) groups excluding carboxylic acids is 3. The van der Waals surface area contributed by atoms with Gasteiger partial charge in [0.25, 0.3) is 0 Å². The highest BCUT2D eigenvalue weighted by Crippen LogP contribution is 2.45. The van der Waals surface area contributed by atoms with Gasteiger partial charge in [-0.25, -0.2) is 9.59 Å². The first-order valence-electron chi connectivity index (χ1n) is 23.9. The Hall–Kier alpha value is -4.31. The fourth-order valence-corrected chi connectivity index (χ4v) is 9.05. The molecule has 3 heterocycles. The van der Waals surface area contributed by atoms with Gasteiger partial charge in [-0.3, -0.25) is 4.79 Å². The molecule has 20 heteroatoms. The van der Waals surface area contributed by atoms with Gasteiger partial charge in [-0.05, 0) is 83.6 Å². The lowest BCUT2D eigenvalue weighted by Crippen LogP contribution is -2.64. The molecular weight excluding hydrogens is 983 g/mol. The summed E-state index contributed by atoms with van der Waals surface area (Å²) in [6, 6.07) is 0. The molecule has 7 N–H and O–H groups in total. The number of rotatable bonds is 13. The van der Waals surface area contributed by atoms with Crippen LogP contribution in [0.3, 0.4) is 0 Å². The van der Waals surface area contributed by atoms with Gasteiger partial charge < -0.3 is 73.6 Å². The van der Waals surface area contributed by atoms with Gasteiger partial charge in [-0.2, -0.15) is 0 Å². The minimum absolute atomic E-state index is 0.0305. The number of ether oxygens (including phenoxy) is 8. The van der Waals surface area contributed by atoms with Gasteiger partial charge >= 0.3 is 17.9 Å². The van der Waals surface area contributed by atoms with Crippen LogP contribution < -0.4 is 0 Å². The number of phenols is 2. The summed E-state index contributed by atoms with van der Waals surface area (Å²) in [5.74, 6) is -5.34. The summed E-state index contributed by atoms with van der Waals surface area (Å²) >= 11 is 12.3. The van der Waals surface area contributed by atoms with Crippen molar-refractivity contribution >= 4 is 41.1 Å². The lowest BCUT2D eigenvalue weighted by atomic mass is 9.88. The fourth-order valence-electron chi connectivity index (χ4n) is 8.49. The predicted octanol–water partition coefficient (Wildman–Crippen LogP) is 6.93. The molecule has 2 saturated heterocycles. The smallest absolute Gasteiger partial charge is 0.342 e. The first-order valence-corrected chi connectivity index (χ1v) is 24.6. The van der Waals surface area contributed by atoms with Crippen LogP contribution in [0.5, 0.6) is 11.5 Å². The molecule has 0 radical (unpaired) electrons. The van der Waals surface area contributed by atoms with E-state index in [9.17, 15) is 50.1 Å². The molecule has 0 saturated carbocycles. The Kier molecular flexibility index (Phi) is 22.0. The van der Waals surface area contributed by atoms with E-state index in [-0.39, 0.29) is 35.4 Å². The Morgan fingerprint density at radius 1 is 0.931 bits per heavy atom. The van der Waals surface area contributed by atoms with Crippen molar-refractivity contribution in [3.8, 4) is 11.5 Å². The SMILES string of the molecule is C=C(O)[C@@H]1C/C=C(C)/C=C(\C)[C@H](O[C@@H]2OC(C)(C)[C@@H](OC(=O)C(C)C)[C@H](O)[C@@H]2O)[C@@H](CC)/C=C(\C)[C@@H](O)C/C=C/C=C(\CO[C@@H]2O[C@H](C)[C@@H](OC(=O)c3c(O)c(Cl)c(O)c(Cl)c3CC)[C@H](O)[C@@H]2OC)C(=O)O1. The number of hydrogen-bond acceptors (Lipinski definition) is 18. The predicted molar refractivity (Wildman–Crippen MR) is 265 cm³/mol. The fraction of sp³-hybridized carbons (Fsp3) is 0.596. The number of carbonyl (C=O) groups is 3. The summed E-state index contributed by atoms with van der Waals surface area (Å²) in [4.78, 5) is 39.9. The Labute approximate surface area is 431 Å². The lowest BCUT2D eigenvalue weighted by Gasteiger charge is -2.47. The molecule has 0 spiro atoms. The molecule has 13 atom stereocenters. The third-order valence-corrected chi connectivity index (χ3v) is 13.6. The third-order valence-electron chi connectivity index (χ3n) is 12.8. The quantitative estimate of drug-likeness (QED) is 0.0457. The maximum Gasteiger partial charge on any atom is 0.342 e. The van der Waals surface area contributed by atoms with Crippen LogP contribution in [-0.4, -0.2) is 147 Å². The summed E-state index contributed by atoms with van der Waals surface area (Å²) in [5, 5.41) is 76.2. The molecule has 2 fully saturated rings. The van der Waals surface area contributed by atoms with Crippen molar-refractivity contribution in [3.05, 3.63) is 92.3 Å². The van der Waals surface area contributed by atoms with Crippen LogP contribution in [0.25, 0.3) is 0 Å². The Balaban J connectivity index is 1.61. The van der Waals surface area contributed by atoms with Crippen LogP contribution in [0.2, 0.25) is 10.0 Å². The van der Waals surface area contributed by atoms with E-state index < -0.39 is 143 Å². The molecule has 1 aromatic rings. The summed E-state index contributed by atoms with van der Waals surface area (Å²) < 4.78 is 47.3. The molecule has 402 valence electrons. The van der Waals surface area contributed by atoms with Crippen molar-refractivity contribution in [1.82, 2.24) is 0 Å². The molecule has 18 nitrogen and oxygen atoms in total. The minimum atomic E-state index is -1.62. The molecule has 0 bridgehead atoms. The topological polar surface area (TPSA) is 267 Å². The maximum absolute atomic E-state index is 13.9. The van der Waals surface area contributed by atoms with Gasteiger partial charge in [0.2, 0.25) is 0 Å². The van der Waals surface area contributed by atoms with Crippen LogP contribution in [0.1, 0.15) is 104 Å². The van der Waals surface area contributed by atoms with E-state index in [2.05, 4.69) is 6.58 Å². The van der Waals surface area contributed by atoms with Crippen LogP contribution in [0.15, 0.2) is 71.1 Å².